The molecule has 68 heavy (non-hydrogen) atoms. The van der Waals surface area contributed by atoms with Crippen molar-refractivity contribution in [2.24, 2.45) is 10.8 Å². The van der Waals surface area contributed by atoms with E-state index in [1.165, 1.54) is 0 Å². The summed E-state index contributed by atoms with van der Waals surface area (Å²) in [5.74, 6) is 1.82. The summed E-state index contributed by atoms with van der Waals surface area (Å²) >= 11 is 28.7. The first-order valence-electron chi connectivity index (χ1n) is 22.7. The van der Waals surface area contributed by atoms with E-state index in [1.54, 1.807) is 0 Å². The van der Waals surface area contributed by atoms with Gasteiger partial charge < -0.3 is 9.97 Å². The second-order valence-electron chi connectivity index (χ2n) is 21.5. The standard InChI is InChI=1S/C56H54Cl4N8/c1-53(2,3)41-37(29-21-13-17-25-33(29)57)45-61-49(41)65-46-38(30-22-14-18-26-34(30)58)42(54(4,5)6)51(62-46)67-48-40(32-24-16-20-28-36(32)60)44(56(10,11)12)52(64-48)68-47-39(31-23-15-19-27-35(31)59)43(55(7,8)9)50(63-47)66-45/h13-28H,1-12H3,(H2,61,62,63,64,65,66,67,68). The predicted molar refractivity (Wildman–Crippen MR) is 284 cm³/mol. The number of rotatable bonds is 4. The number of H-pyrrole nitrogens is 2. The van der Waals surface area contributed by atoms with Gasteiger partial charge in [-0.1, -0.05) is 202 Å². The van der Waals surface area contributed by atoms with Gasteiger partial charge in [-0.05, 0) is 45.9 Å². The second-order valence-corrected chi connectivity index (χ2v) is 23.2. The van der Waals surface area contributed by atoms with Gasteiger partial charge in [0.25, 0.3) is 0 Å². The van der Waals surface area contributed by atoms with E-state index < -0.39 is 21.7 Å². The summed E-state index contributed by atoms with van der Waals surface area (Å²) in [7, 11) is 0. The molecule has 0 radical (unpaired) electrons. The predicted octanol–water partition coefficient (Wildman–Crippen LogP) is 16.4. The van der Waals surface area contributed by atoms with E-state index in [1.807, 2.05) is 97.1 Å². The average Bonchev–Trinajstić information content (AvgIpc) is 3.99. The van der Waals surface area contributed by atoms with Crippen LogP contribution in [-0.4, -0.2) is 39.9 Å². The molecule has 0 amide bonds. The fourth-order valence-electron chi connectivity index (χ4n) is 9.47. The summed E-state index contributed by atoms with van der Waals surface area (Å²) in [4.78, 5) is 40.6. The molecule has 0 unspecified atom stereocenters. The number of fused-ring (bicyclic) bond motifs is 8. The van der Waals surface area contributed by atoms with Crippen LogP contribution >= 0.6 is 46.4 Å². The highest BCUT2D eigenvalue weighted by Gasteiger charge is 2.38. The Morgan fingerprint density at radius 2 is 0.603 bits per heavy atom. The molecule has 0 fully saturated rings. The van der Waals surface area contributed by atoms with Crippen LogP contribution in [0.1, 0.15) is 129 Å². The van der Waals surface area contributed by atoms with E-state index in [2.05, 4.69) is 93.1 Å². The van der Waals surface area contributed by atoms with Crippen LogP contribution in [0.5, 0.6) is 0 Å². The molecule has 2 aliphatic heterocycles. The molecule has 8 bridgehead atoms. The lowest BCUT2D eigenvalue weighted by Gasteiger charge is -2.23. The third-order valence-corrected chi connectivity index (χ3v) is 13.5. The van der Waals surface area contributed by atoms with Gasteiger partial charge in [0.1, 0.15) is 22.6 Å². The molecule has 2 aliphatic rings. The molecule has 0 atom stereocenters. The van der Waals surface area contributed by atoms with Gasteiger partial charge in [-0.3, -0.25) is 0 Å². The molecule has 7 aromatic rings. The van der Waals surface area contributed by atoms with Crippen molar-refractivity contribution in [1.82, 2.24) is 39.9 Å². The number of halogens is 4. The molecule has 0 saturated carbocycles. The van der Waals surface area contributed by atoms with Crippen LogP contribution < -0.4 is 0 Å². The first-order valence-corrected chi connectivity index (χ1v) is 24.3. The molecule has 4 aromatic carbocycles. The van der Waals surface area contributed by atoms with Crippen LogP contribution in [0, 0.1) is 10.8 Å². The summed E-state index contributed by atoms with van der Waals surface area (Å²) in [6, 6.07) is 31.3. The van der Waals surface area contributed by atoms with E-state index in [9.17, 15) is 0 Å². The first-order chi connectivity index (χ1) is 31.9. The summed E-state index contributed by atoms with van der Waals surface area (Å²) in [6.07, 6.45) is 0. The van der Waals surface area contributed by atoms with E-state index in [4.69, 9.17) is 76.3 Å². The summed E-state index contributed by atoms with van der Waals surface area (Å²) in [5, 5.41) is 2.25. The van der Waals surface area contributed by atoms with Crippen LogP contribution in [-0.2, 0) is 10.8 Å². The highest BCUT2D eigenvalue weighted by molar-refractivity contribution is 6.35. The van der Waals surface area contributed by atoms with Gasteiger partial charge in [0.15, 0.2) is 23.3 Å². The quantitative estimate of drug-likeness (QED) is 0.182. The van der Waals surface area contributed by atoms with Gasteiger partial charge in [-0.15, -0.1) is 0 Å². The van der Waals surface area contributed by atoms with Gasteiger partial charge in [-0.25, -0.2) is 29.9 Å². The number of aromatic amines is 2. The zero-order valence-electron chi connectivity index (χ0n) is 40.4. The zero-order valence-corrected chi connectivity index (χ0v) is 43.5. The molecule has 2 N–H and O–H groups in total. The minimum absolute atomic E-state index is 0.440. The molecule has 12 heteroatoms. The largest absolute Gasteiger partial charge is 0.324 e. The number of nitrogens with one attached hydrogen (secondary N) is 2. The van der Waals surface area contributed by atoms with Crippen molar-refractivity contribution >= 4 is 91.3 Å². The minimum Gasteiger partial charge on any atom is -0.324 e. The molecule has 0 saturated heterocycles. The Morgan fingerprint density at radius 1 is 0.324 bits per heavy atom. The third kappa shape index (κ3) is 8.48. The maximum atomic E-state index is 7.18. The van der Waals surface area contributed by atoms with Gasteiger partial charge in [-0.2, -0.15) is 0 Å². The van der Waals surface area contributed by atoms with Gasteiger partial charge >= 0.3 is 0 Å². The van der Waals surface area contributed by atoms with Crippen molar-refractivity contribution in [3.63, 3.8) is 0 Å². The smallest absolute Gasteiger partial charge is 0.165 e. The fourth-order valence-corrected chi connectivity index (χ4v) is 10.4. The van der Waals surface area contributed by atoms with Crippen molar-refractivity contribution in [3.8, 4) is 22.3 Å². The first kappa shape index (κ1) is 47.4. The van der Waals surface area contributed by atoms with Crippen LogP contribution in [0.25, 0.3) is 67.1 Å². The van der Waals surface area contributed by atoms with Gasteiger partial charge in [0.2, 0.25) is 0 Å². The normalized spacial score (nSPS) is 13.8. The molecular formula is C56H54Cl4N8. The second kappa shape index (κ2) is 17.1. The number of hydrogen-bond acceptors (Lipinski definition) is 6. The Labute approximate surface area is 418 Å². The van der Waals surface area contributed by atoms with E-state index in [0.29, 0.717) is 66.0 Å². The Morgan fingerprint density at radius 3 is 0.882 bits per heavy atom. The third-order valence-electron chi connectivity index (χ3n) is 12.2. The number of aromatic nitrogens is 8. The van der Waals surface area contributed by atoms with E-state index in [0.717, 1.165) is 66.8 Å². The molecular weight excluding hydrogens is 926 g/mol. The number of benzene rings is 4. The van der Waals surface area contributed by atoms with Crippen LogP contribution in [0.4, 0.5) is 0 Å². The Bertz CT molecular complexity index is 3210. The summed E-state index contributed by atoms with van der Waals surface area (Å²) in [6.45, 7) is 25.9. The number of allylic oxidation sites excluding steroid dienone is 2. The molecule has 5 heterocycles. The SMILES string of the molecule is CC(C)(C)C1=C(c2ccccc2Cl)c2nc1nc1[nH]c(nc3nc(nc4[nH]c(n2)c(C(C)(C)C)c4-c2ccccc2Cl)C(C(C)(C)C)=C3c2ccccc2Cl)c(C(C)(C)C)c1-c1ccccc1Cl. The fraction of sp³-hybridized carbons (Fsp3) is 0.286. The maximum Gasteiger partial charge on any atom is 0.165 e. The van der Waals surface area contributed by atoms with Crippen molar-refractivity contribution in [3.05, 3.63) is 163 Å². The summed E-state index contributed by atoms with van der Waals surface area (Å²) < 4.78 is 0. The van der Waals surface area contributed by atoms with Crippen molar-refractivity contribution < 1.29 is 0 Å². The maximum absolute atomic E-state index is 7.18. The lowest BCUT2D eigenvalue weighted by atomic mass is 9.81. The van der Waals surface area contributed by atoms with E-state index >= 15 is 0 Å². The molecule has 3 aromatic heterocycles. The minimum atomic E-state index is -0.511. The number of nitrogens with zero attached hydrogens (tertiary/aromatic N) is 6. The lowest BCUT2D eigenvalue weighted by molar-refractivity contribution is 0.565. The van der Waals surface area contributed by atoms with Crippen LogP contribution in [0.2, 0.25) is 20.1 Å². The number of hydrogen-bond donors (Lipinski definition) is 2. The molecule has 9 rings (SSSR count). The van der Waals surface area contributed by atoms with Gasteiger partial charge in [0, 0.05) is 86.9 Å². The monoisotopic (exact) mass is 978 g/mol. The van der Waals surface area contributed by atoms with Crippen molar-refractivity contribution in [2.75, 3.05) is 0 Å². The average molecular weight is 981 g/mol. The summed E-state index contributed by atoms with van der Waals surface area (Å²) in [5.41, 5.74) is 9.95. The molecule has 346 valence electrons. The Hall–Kier alpha value is -5.64. The molecule has 0 aliphatic carbocycles. The van der Waals surface area contributed by atoms with Crippen molar-refractivity contribution in [2.45, 2.75) is 93.9 Å². The molecule has 0 spiro atoms. The highest BCUT2D eigenvalue weighted by Crippen LogP contribution is 2.50. The van der Waals surface area contributed by atoms with Gasteiger partial charge in [0.05, 0.1) is 0 Å². The van der Waals surface area contributed by atoms with Crippen LogP contribution in [0.3, 0.4) is 0 Å². The van der Waals surface area contributed by atoms with Crippen molar-refractivity contribution in [1.29, 1.82) is 0 Å². The Balaban J connectivity index is 1.62. The van der Waals surface area contributed by atoms with Crippen LogP contribution in [0.15, 0.2) is 97.1 Å². The zero-order chi connectivity index (χ0) is 48.8. The molecule has 8 nitrogen and oxygen atoms in total. The van der Waals surface area contributed by atoms with E-state index in [-0.39, 0.29) is 0 Å². The Kier molecular flexibility index (Phi) is 11.9. The lowest BCUT2D eigenvalue weighted by Crippen LogP contribution is -2.13. The topological polar surface area (TPSA) is 109 Å². The highest BCUT2D eigenvalue weighted by atomic mass is 35.5.